The van der Waals surface area contributed by atoms with Crippen LogP contribution in [0.2, 0.25) is 0 Å². The molecule has 1 aromatic rings. The maximum Gasteiger partial charge on any atom is 0.224 e. The molecule has 0 fully saturated rings. The minimum Gasteiger partial charge on any atom is -0.396 e. The summed E-state index contributed by atoms with van der Waals surface area (Å²) in [5.41, 5.74) is 4.32. The summed E-state index contributed by atoms with van der Waals surface area (Å²) in [6, 6.07) is 4.13. The van der Waals surface area contributed by atoms with Gasteiger partial charge in [0.05, 0.1) is 0 Å². The first-order chi connectivity index (χ1) is 8.04. The van der Waals surface area contributed by atoms with Gasteiger partial charge in [0.25, 0.3) is 0 Å². The molecule has 1 aromatic carbocycles. The van der Waals surface area contributed by atoms with Gasteiger partial charge in [-0.1, -0.05) is 17.7 Å². The first kappa shape index (κ1) is 13.7. The van der Waals surface area contributed by atoms with Crippen LogP contribution < -0.4 is 5.32 Å². The Labute approximate surface area is 103 Å². The van der Waals surface area contributed by atoms with E-state index in [1.165, 1.54) is 5.56 Å². The predicted octanol–water partition coefficient (Wildman–Crippen LogP) is 2.71. The van der Waals surface area contributed by atoms with Crippen molar-refractivity contribution in [2.45, 2.75) is 40.0 Å². The van der Waals surface area contributed by atoms with E-state index in [1.54, 1.807) is 0 Å². The summed E-state index contributed by atoms with van der Waals surface area (Å²) < 4.78 is 0. The number of hydrogen-bond acceptors (Lipinski definition) is 2. The minimum absolute atomic E-state index is 0.0218. The Bertz CT molecular complexity index is 376. The molecule has 0 radical (unpaired) electrons. The van der Waals surface area contributed by atoms with E-state index in [2.05, 4.69) is 17.4 Å². The van der Waals surface area contributed by atoms with E-state index in [0.29, 0.717) is 12.8 Å². The van der Waals surface area contributed by atoms with E-state index in [0.717, 1.165) is 23.2 Å². The van der Waals surface area contributed by atoms with Crippen molar-refractivity contribution in [3.63, 3.8) is 0 Å². The highest BCUT2D eigenvalue weighted by molar-refractivity contribution is 5.92. The molecule has 17 heavy (non-hydrogen) atoms. The van der Waals surface area contributed by atoms with Crippen LogP contribution in [-0.2, 0) is 4.79 Å². The Morgan fingerprint density at radius 3 is 2.29 bits per heavy atom. The normalized spacial score (nSPS) is 10.4. The Balaban J connectivity index is 2.65. The zero-order valence-electron chi connectivity index (χ0n) is 10.8. The van der Waals surface area contributed by atoms with Crippen molar-refractivity contribution in [2.75, 3.05) is 11.9 Å². The molecule has 0 aliphatic heterocycles. The average molecular weight is 235 g/mol. The summed E-state index contributed by atoms with van der Waals surface area (Å²) in [5, 5.41) is 11.6. The van der Waals surface area contributed by atoms with E-state index in [-0.39, 0.29) is 12.5 Å². The van der Waals surface area contributed by atoms with Crippen LogP contribution in [0.4, 0.5) is 5.69 Å². The molecule has 0 saturated heterocycles. The number of aliphatic hydroxyl groups is 1. The van der Waals surface area contributed by atoms with Crippen molar-refractivity contribution in [1.82, 2.24) is 0 Å². The van der Waals surface area contributed by atoms with Crippen LogP contribution in [0.1, 0.15) is 36.0 Å². The number of unbranched alkanes of at least 4 members (excludes halogenated alkanes) is 1. The van der Waals surface area contributed by atoms with Gasteiger partial charge in [-0.2, -0.15) is 0 Å². The highest BCUT2D eigenvalue weighted by Crippen LogP contribution is 2.22. The lowest BCUT2D eigenvalue weighted by Crippen LogP contribution is -2.13. The lowest BCUT2D eigenvalue weighted by Gasteiger charge is -2.12. The summed E-state index contributed by atoms with van der Waals surface area (Å²) in [6.45, 7) is 6.20. The number of amides is 1. The SMILES string of the molecule is Cc1cc(C)c(NC(=O)CCCCO)c(C)c1. The summed E-state index contributed by atoms with van der Waals surface area (Å²) in [5.74, 6) is 0.0218. The maximum atomic E-state index is 11.7. The number of hydrogen-bond donors (Lipinski definition) is 2. The average Bonchev–Trinajstić information content (AvgIpc) is 2.24. The lowest BCUT2D eigenvalue weighted by atomic mass is 10.0. The Hall–Kier alpha value is -1.35. The molecule has 0 spiro atoms. The van der Waals surface area contributed by atoms with Gasteiger partial charge >= 0.3 is 0 Å². The van der Waals surface area contributed by atoms with E-state index in [9.17, 15) is 4.79 Å². The fourth-order valence-electron chi connectivity index (χ4n) is 1.98. The zero-order chi connectivity index (χ0) is 12.8. The van der Waals surface area contributed by atoms with Crippen LogP contribution in [0.15, 0.2) is 12.1 Å². The van der Waals surface area contributed by atoms with Crippen molar-refractivity contribution in [3.05, 3.63) is 28.8 Å². The quantitative estimate of drug-likeness (QED) is 0.771. The van der Waals surface area contributed by atoms with Crippen LogP contribution in [0.3, 0.4) is 0 Å². The molecule has 1 amide bonds. The van der Waals surface area contributed by atoms with Gasteiger partial charge in [-0.15, -0.1) is 0 Å². The second kappa shape index (κ2) is 6.40. The third-order valence-corrected chi connectivity index (χ3v) is 2.75. The zero-order valence-corrected chi connectivity index (χ0v) is 10.8. The van der Waals surface area contributed by atoms with E-state index < -0.39 is 0 Å². The molecule has 94 valence electrons. The summed E-state index contributed by atoms with van der Waals surface area (Å²) in [6.07, 6.45) is 1.87. The van der Waals surface area contributed by atoms with Crippen molar-refractivity contribution in [2.24, 2.45) is 0 Å². The molecular weight excluding hydrogens is 214 g/mol. The van der Waals surface area contributed by atoms with Gasteiger partial charge in [-0.3, -0.25) is 4.79 Å². The first-order valence-electron chi connectivity index (χ1n) is 6.03. The number of carbonyl (C=O) groups is 1. The van der Waals surface area contributed by atoms with Gasteiger partial charge in [0.1, 0.15) is 0 Å². The molecule has 0 aliphatic carbocycles. The molecular formula is C14H21NO2. The number of rotatable bonds is 5. The number of benzene rings is 1. The number of anilines is 1. The highest BCUT2D eigenvalue weighted by atomic mass is 16.2. The van der Waals surface area contributed by atoms with Crippen LogP contribution in [-0.4, -0.2) is 17.6 Å². The molecule has 1 rings (SSSR count). The molecule has 3 nitrogen and oxygen atoms in total. The monoisotopic (exact) mass is 235 g/mol. The summed E-state index contributed by atoms with van der Waals surface area (Å²) in [4.78, 5) is 11.7. The topological polar surface area (TPSA) is 49.3 Å². The third kappa shape index (κ3) is 4.19. The Kier molecular flexibility index (Phi) is 5.16. The van der Waals surface area contributed by atoms with Crippen LogP contribution >= 0.6 is 0 Å². The van der Waals surface area contributed by atoms with Gasteiger partial charge in [-0.05, 0) is 44.7 Å². The molecule has 0 bridgehead atoms. The number of carbonyl (C=O) groups excluding carboxylic acids is 1. The smallest absolute Gasteiger partial charge is 0.224 e. The molecule has 0 atom stereocenters. The van der Waals surface area contributed by atoms with Gasteiger partial charge in [-0.25, -0.2) is 0 Å². The van der Waals surface area contributed by atoms with Gasteiger partial charge in [0.2, 0.25) is 5.91 Å². The van der Waals surface area contributed by atoms with Gasteiger partial charge in [0.15, 0.2) is 0 Å². The second-order valence-corrected chi connectivity index (χ2v) is 4.50. The molecule has 3 heteroatoms. The second-order valence-electron chi connectivity index (χ2n) is 4.50. The van der Waals surface area contributed by atoms with Crippen molar-refractivity contribution in [1.29, 1.82) is 0 Å². The standard InChI is InChI=1S/C14H21NO2/c1-10-8-11(2)14(12(3)9-10)15-13(17)6-4-5-7-16/h8-9,16H,4-7H2,1-3H3,(H,15,17). The highest BCUT2D eigenvalue weighted by Gasteiger charge is 2.07. The number of nitrogens with one attached hydrogen (secondary N) is 1. The third-order valence-electron chi connectivity index (χ3n) is 2.75. The molecule has 0 aromatic heterocycles. The van der Waals surface area contributed by atoms with Crippen molar-refractivity contribution < 1.29 is 9.90 Å². The number of aliphatic hydroxyl groups excluding tert-OH is 1. The minimum atomic E-state index is 0.0218. The predicted molar refractivity (Wildman–Crippen MR) is 70.2 cm³/mol. The fraction of sp³-hybridized carbons (Fsp3) is 0.500. The maximum absolute atomic E-state index is 11.7. The Morgan fingerprint density at radius 1 is 1.18 bits per heavy atom. The molecule has 2 N–H and O–H groups in total. The van der Waals surface area contributed by atoms with Crippen LogP contribution in [0, 0.1) is 20.8 Å². The molecule has 0 heterocycles. The fourth-order valence-corrected chi connectivity index (χ4v) is 1.98. The first-order valence-corrected chi connectivity index (χ1v) is 6.03. The van der Waals surface area contributed by atoms with Crippen LogP contribution in [0.25, 0.3) is 0 Å². The largest absolute Gasteiger partial charge is 0.396 e. The molecule has 0 aliphatic rings. The van der Waals surface area contributed by atoms with E-state index in [1.807, 2.05) is 20.8 Å². The Morgan fingerprint density at radius 2 is 1.76 bits per heavy atom. The van der Waals surface area contributed by atoms with Gasteiger partial charge < -0.3 is 10.4 Å². The van der Waals surface area contributed by atoms with E-state index in [4.69, 9.17) is 5.11 Å². The molecule has 0 unspecified atom stereocenters. The van der Waals surface area contributed by atoms with Crippen molar-refractivity contribution >= 4 is 11.6 Å². The van der Waals surface area contributed by atoms with Crippen molar-refractivity contribution in [3.8, 4) is 0 Å². The summed E-state index contributed by atoms with van der Waals surface area (Å²) >= 11 is 0. The lowest BCUT2D eigenvalue weighted by molar-refractivity contribution is -0.116. The molecule has 0 saturated carbocycles. The van der Waals surface area contributed by atoms with Crippen LogP contribution in [0.5, 0.6) is 0 Å². The van der Waals surface area contributed by atoms with E-state index >= 15 is 0 Å². The number of aryl methyl sites for hydroxylation is 3. The van der Waals surface area contributed by atoms with Gasteiger partial charge in [0, 0.05) is 18.7 Å². The summed E-state index contributed by atoms with van der Waals surface area (Å²) in [7, 11) is 0.